The topological polar surface area (TPSA) is 86.2 Å². The molecule has 142 valence electrons. The lowest BCUT2D eigenvalue weighted by Crippen LogP contribution is -2.16. The van der Waals surface area contributed by atoms with E-state index in [1.807, 2.05) is 6.92 Å². The minimum Gasteiger partial charge on any atom is -0.357 e. The van der Waals surface area contributed by atoms with Crippen molar-refractivity contribution in [3.63, 3.8) is 0 Å². The monoisotopic (exact) mass is 460 g/mol. The molecule has 0 saturated heterocycles. The first-order valence-electron chi connectivity index (χ1n) is 7.46. The number of nitrogens with zero attached hydrogens (tertiary/aromatic N) is 1. The Labute approximate surface area is 161 Å². The Balaban J connectivity index is 2.26. The molecule has 1 heterocycles. The smallest absolute Gasteiger partial charge is 0.243 e. The largest absolute Gasteiger partial charge is 0.357 e. The van der Waals surface area contributed by atoms with Gasteiger partial charge in [-0.2, -0.15) is 0 Å². The summed E-state index contributed by atoms with van der Waals surface area (Å²) in [7, 11) is -4.61. The summed E-state index contributed by atoms with van der Waals surface area (Å²) < 4.78 is 70.3. The van der Waals surface area contributed by atoms with Gasteiger partial charge in [0.05, 0.1) is 5.56 Å². The SMILES string of the molecule is Cc1ccc(-c2noc(CF)c2-c2cc(F)c(S(N)(=O)=O)c(F)c2)cc1Br. The maximum Gasteiger partial charge on any atom is 0.243 e. The summed E-state index contributed by atoms with van der Waals surface area (Å²) in [4.78, 5) is -1.26. The van der Waals surface area contributed by atoms with Gasteiger partial charge in [-0.3, -0.25) is 0 Å². The van der Waals surface area contributed by atoms with Crippen LogP contribution >= 0.6 is 15.9 Å². The number of primary sulfonamides is 1. The van der Waals surface area contributed by atoms with Crippen LogP contribution in [0.15, 0.2) is 44.2 Å². The van der Waals surface area contributed by atoms with E-state index < -0.39 is 33.2 Å². The Morgan fingerprint density at radius 2 is 1.78 bits per heavy atom. The van der Waals surface area contributed by atoms with Crippen molar-refractivity contribution < 1.29 is 26.1 Å². The Morgan fingerprint density at radius 1 is 1.15 bits per heavy atom. The number of aromatic nitrogens is 1. The van der Waals surface area contributed by atoms with Crippen LogP contribution in [0.4, 0.5) is 13.2 Å². The lowest BCUT2D eigenvalue weighted by atomic mass is 9.98. The average molecular weight is 461 g/mol. The Morgan fingerprint density at radius 3 is 2.30 bits per heavy atom. The van der Waals surface area contributed by atoms with Crippen LogP contribution in [0.1, 0.15) is 11.3 Å². The molecule has 0 unspecified atom stereocenters. The van der Waals surface area contributed by atoms with E-state index in [4.69, 9.17) is 9.66 Å². The third-order valence-electron chi connectivity index (χ3n) is 3.90. The fourth-order valence-electron chi connectivity index (χ4n) is 2.63. The van der Waals surface area contributed by atoms with Crippen molar-refractivity contribution in [2.45, 2.75) is 18.5 Å². The van der Waals surface area contributed by atoms with Gasteiger partial charge in [0.2, 0.25) is 10.0 Å². The maximum atomic E-state index is 14.2. The minimum atomic E-state index is -4.61. The summed E-state index contributed by atoms with van der Waals surface area (Å²) in [5, 5.41) is 8.64. The van der Waals surface area contributed by atoms with E-state index in [9.17, 15) is 21.6 Å². The number of sulfonamides is 1. The highest BCUT2D eigenvalue weighted by Crippen LogP contribution is 2.38. The van der Waals surface area contributed by atoms with Crippen LogP contribution in [-0.4, -0.2) is 13.6 Å². The lowest BCUT2D eigenvalue weighted by Gasteiger charge is -2.08. The van der Waals surface area contributed by atoms with Crippen LogP contribution in [0.5, 0.6) is 0 Å². The molecular weight excluding hydrogens is 449 g/mol. The number of hydrogen-bond acceptors (Lipinski definition) is 4. The van der Waals surface area contributed by atoms with Crippen molar-refractivity contribution in [2.75, 3.05) is 0 Å². The van der Waals surface area contributed by atoms with Gasteiger partial charge in [0, 0.05) is 10.0 Å². The van der Waals surface area contributed by atoms with Gasteiger partial charge in [0.25, 0.3) is 0 Å². The molecule has 0 saturated carbocycles. The number of aryl methyl sites for hydroxylation is 1. The summed E-state index contributed by atoms with van der Waals surface area (Å²) in [6, 6.07) is 6.67. The number of rotatable bonds is 4. The molecule has 0 aliphatic rings. The lowest BCUT2D eigenvalue weighted by molar-refractivity contribution is 0.332. The van der Waals surface area contributed by atoms with Crippen LogP contribution in [-0.2, 0) is 16.7 Å². The maximum absolute atomic E-state index is 14.2. The molecule has 27 heavy (non-hydrogen) atoms. The van der Waals surface area contributed by atoms with Gasteiger partial charge in [-0.25, -0.2) is 26.7 Å². The van der Waals surface area contributed by atoms with Crippen molar-refractivity contribution in [2.24, 2.45) is 5.14 Å². The second-order valence-electron chi connectivity index (χ2n) is 5.74. The second-order valence-corrected chi connectivity index (χ2v) is 8.09. The van der Waals surface area contributed by atoms with Gasteiger partial charge in [-0.1, -0.05) is 33.2 Å². The minimum absolute atomic E-state index is 0.0204. The van der Waals surface area contributed by atoms with Crippen LogP contribution in [0, 0.1) is 18.6 Å². The summed E-state index contributed by atoms with van der Waals surface area (Å²) in [6.45, 7) is 0.789. The number of halogens is 4. The third-order valence-corrected chi connectivity index (χ3v) is 5.71. The zero-order valence-corrected chi connectivity index (χ0v) is 16.2. The van der Waals surface area contributed by atoms with E-state index in [1.54, 1.807) is 18.2 Å². The molecule has 1 aromatic heterocycles. The molecule has 0 fully saturated rings. The van der Waals surface area contributed by atoms with E-state index in [1.165, 1.54) is 0 Å². The number of benzene rings is 2. The highest BCUT2D eigenvalue weighted by Gasteiger charge is 2.26. The quantitative estimate of drug-likeness (QED) is 0.621. The van der Waals surface area contributed by atoms with E-state index >= 15 is 0 Å². The molecule has 0 aliphatic heterocycles. The van der Waals surface area contributed by atoms with Crippen LogP contribution < -0.4 is 5.14 Å². The fraction of sp³-hybridized carbons (Fsp3) is 0.118. The molecule has 0 spiro atoms. The predicted octanol–water partition coefficient (Wildman–Crippen LogP) is 4.47. The zero-order chi connectivity index (χ0) is 19.9. The normalized spacial score (nSPS) is 11.8. The molecule has 0 aliphatic carbocycles. The van der Waals surface area contributed by atoms with Crippen LogP contribution in [0.2, 0.25) is 0 Å². The average Bonchev–Trinajstić information content (AvgIpc) is 2.99. The first kappa shape index (κ1) is 19.6. The molecule has 0 radical (unpaired) electrons. The first-order valence-corrected chi connectivity index (χ1v) is 9.80. The standard InChI is InChI=1S/C17H12BrF3N2O3S/c1-8-2-3-9(4-11(8)18)16-15(14(7-19)26-23-16)10-5-12(20)17(13(21)6-10)27(22,24)25/h2-6H,7H2,1H3,(H2,22,24,25). The molecule has 3 aromatic rings. The highest BCUT2D eigenvalue weighted by molar-refractivity contribution is 9.10. The predicted molar refractivity (Wildman–Crippen MR) is 95.9 cm³/mol. The second kappa shape index (κ2) is 7.10. The summed E-state index contributed by atoms with van der Waals surface area (Å²) in [5.41, 5.74) is 1.50. The van der Waals surface area contributed by atoms with Crippen molar-refractivity contribution in [1.82, 2.24) is 5.16 Å². The Bertz CT molecular complexity index is 1120. The van der Waals surface area contributed by atoms with Crippen LogP contribution in [0.25, 0.3) is 22.4 Å². The third kappa shape index (κ3) is 3.64. The van der Waals surface area contributed by atoms with Gasteiger partial charge in [0.1, 0.15) is 17.3 Å². The van der Waals surface area contributed by atoms with Crippen molar-refractivity contribution in [3.8, 4) is 22.4 Å². The molecule has 0 bridgehead atoms. The molecular formula is C17H12BrF3N2O3S. The summed E-state index contributed by atoms with van der Waals surface area (Å²) in [5.74, 6) is -3.03. The molecule has 3 rings (SSSR count). The van der Waals surface area contributed by atoms with Crippen molar-refractivity contribution in [1.29, 1.82) is 0 Å². The zero-order valence-electron chi connectivity index (χ0n) is 13.8. The first-order chi connectivity index (χ1) is 12.6. The van der Waals surface area contributed by atoms with E-state index in [0.717, 1.165) is 22.2 Å². The fourth-order valence-corrected chi connectivity index (χ4v) is 3.67. The summed E-state index contributed by atoms with van der Waals surface area (Å²) >= 11 is 3.37. The van der Waals surface area contributed by atoms with Gasteiger partial charge in [0.15, 0.2) is 17.3 Å². The molecule has 0 amide bonds. The summed E-state index contributed by atoms with van der Waals surface area (Å²) in [6.07, 6.45) is 0. The molecule has 2 N–H and O–H groups in total. The van der Waals surface area contributed by atoms with E-state index in [0.29, 0.717) is 5.56 Å². The van der Waals surface area contributed by atoms with Crippen LogP contribution in [0.3, 0.4) is 0 Å². The van der Waals surface area contributed by atoms with Crippen molar-refractivity contribution >= 4 is 26.0 Å². The van der Waals surface area contributed by atoms with E-state index in [-0.39, 0.29) is 22.6 Å². The number of alkyl halides is 1. The molecule has 5 nitrogen and oxygen atoms in total. The van der Waals surface area contributed by atoms with Crippen molar-refractivity contribution in [3.05, 3.63) is 57.8 Å². The molecule has 10 heteroatoms. The van der Waals surface area contributed by atoms with Gasteiger partial charge >= 0.3 is 0 Å². The Kier molecular flexibility index (Phi) is 5.15. The van der Waals surface area contributed by atoms with E-state index in [2.05, 4.69) is 21.1 Å². The Hall–Kier alpha value is -2.17. The van der Waals surface area contributed by atoms with Gasteiger partial charge in [-0.15, -0.1) is 0 Å². The van der Waals surface area contributed by atoms with Gasteiger partial charge < -0.3 is 4.52 Å². The highest BCUT2D eigenvalue weighted by atomic mass is 79.9. The number of hydrogen-bond donors (Lipinski definition) is 1. The molecule has 2 aromatic carbocycles. The molecule has 0 atom stereocenters. The number of nitrogens with two attached hydrogens (primary N) is 1. The van der Waals surface area contributed by atoms with Gasteiger partial charge in [-0.05, 0) is 36.2 Å².